The van der Waals surface area contributed by atoms with E-state index in [0.717, 1.165) is 0 Å². The first-order valence-electron chi connectivity index (χ1n) is 13.7. The number of nitrogens with zero attached hydrogens (tertiary/aromatic N) is 4. The summed E-state index contributed by atoms with van der Waals surface area (Å²) in [5, 5.41) is 3.51. The van der Waals surface area contributed by atoms with Crippen LogP contribution in [0.25, 0.3) is 56.0 Å². The first kappa shape index (κ1) is 25.9. The molecule has 10 nitrogen and oxygen atoms in total. The molecule has 5 heterocycles. The lowest BCUT2D eigenvalue weighted by atomic mass is 10.0. The Morgan fingerprint density at radius 3 is 2.64 bits per heavy atom. The molecular weight excluding hydrogens is 572 g/mol. The summed E-state index contributed by atoms with van der Waals surface area (Å²) >= 11 is 0. The molecule has 44 heavy (non-hydrogen) atoms. The highest BCUT2D eigenvalue weighted by atomic mass is 19.1. The number of carbonyl (C=O) groups is 2. The fourth-order valence-electron chi connectivity index (χ4n) is 5.81. The van der Waals surface area contributed by atoms with Crippen molar-refractivity contribution < 1.29 is 32.3 Å². The number of furan rings is 1. The molecule has 0 aliphatic carbocycles. The summed E-state index contributed by atoms with van der Waals surface area (Å²) in [6.07, 6.45) is 0.976. The van der Waals surface area contributed by atoms with Crippen LogP contribution in [0.2, 0.25) is 0 Å². The van der Waals surface area contributed by atoms with Crippen LogP contribution in [0.5, 0.6) is 5.75 Å². The number of aromatic nitrogens is 3. The van der Waals surface area contributed by atoms with E-state index >= 15 is 0 Å². The zero-order chi connectivity index (χ0) is 30.1. The molecule has 0 bridgehead atoms. The molecule has 0 spiro atoms. The van der Waals surface area contributed by atoms with Crippen molar-refractivity contribution in [2.24, 2.45) is 0 Å². The number of ether oxygens (including phenoxy) is 2. The van der Waals surface area contributed by atoms with Crippen LogP contribution in [0.4, 0.5) is 19.3 Å². The number of carbonyl (C=O) groups excluding carboxylic acids is 2. The predicted octanol–water partition coefficient (Wildman–Crippen LogP) is 6.12. The van der Waals surface area contributed by atoms with Gasteiger partial charge >= 0.3 is 6.09 Å². The van der Waals surface area contributed by atoms with E-state index in [-0.39, 0.29) is 42.8 Å². The van der Waals surface area contributed by atoms with Crippen molar-refractivity contribution in [3.05, 3.63) is 84.1 Å². The molecule has 3 aromatic heterocycles. The Kier molecular flexibility index (Phi) is 5.66. The average molecular weight is 594 g/mol. The van der Waals surface area contributed by atoms with Crippen LogP contribution in [0.3, 0.4) is 0 Å². The van der Waals surface area contributed by atoms with E-state index in [1.54, 1.807) is 30.3 Å². The molecule has 0 unspecified atom stereocenters. The van der Waals surface area contributed by atoms with Crippen molar-refractivity contribution in [1.82, 2.24) is 19.9 Å². The summed E-state index contributed by atoms with van der Waals surface area (Å²) < 4.78 is 47.6. The quantitative estimate of drug-likeness (QED) is 0.262. The first-order chi connectivity index (χ1) is 21.4. The number of amides is 2. The predicted molar refractivity (Wildman–Crippen MR) is 156 cm³/mol. The Balaban J connectivity index is 1.37. The second kappa shape index (κ2) is 9.63. The van der Waals surface area contributed by atoms with Crippen molar-refractivity contribution in [2.75, 3.05) is 25.1 Å². The number of halogens is 2. The van der Waals surface area contributed by atoms with Gasteiger partial charge in [-0.15, -0.1) is 0 Å². The molecule has 0 atom stereocenters. The second-order valence-corrected chi connectivity index (χ2v) is 10.3. The van der Waals surface area contributed by atoms with Gasteiger partial charge in [-0.05, 0) is 48.5 Å². The van der Waals surface area contributed by atoms with Gasteiger partial charge in [-0.3, -0.25) is 9.69 Å². The lowest BCUT2D eigenvalue weighted by molar-refractivity contribution is 0.0964. The van der Waals surface area contributed by atoms with E-state index in [9.17, 15) is 18.4 Å². The third-order valence-electron chi connectivity index (χ3n) is 7.90. The normalized spacial score (nSPS) is 14.0. The molecule has 0 saturated carbocycles. The Morgan fingerprint density at radius 1 is 1.02 bits per heavy atom. The Morgan fingerprint density at radius 2 is 1.86 bits per heavy atom. The summed E-state index contributed by atoms with van der Waals surface area (Å²) in [6, 6.07) is 15.5. The van der Waals surface area contributed by atoms with Gasteiger partial charge in [0.2, 0.25) is 0 Å². The van der Waals surface area contributed by atoms with E-state index in [1.165, 1.54) is 48.5 Å². The lowest BCUT2D eigenvalue weighted by Crippen LogP contribution is -2.24. The molecule has 2 aliphatic heterocycles. The van der Waals surface area contributed by atoms with Crippen LogP contribution in [0, 0.1) is 11.6 Å². The van der Waals surface area contributed by atoms with E-state index in [0.29, 0.717) is 55.8 Å². The van der Waals surface area contributed by atoms with Gasteiger partial charge in [0.25, 0.3) is 5.91 Å². The van der Waals surface area contributed by atoms with Crippen LogP contribution in [0.15, 0.2) is 71.3 Å². The topological polar surface area (TPSA) is 112 Å². The zero-order valence-electron chi connectivity index (χ0n) is 23.1. The molecule has 6 aromatic rings. The number of anilines is 1. The van der Waals surface area contributed by atoms with Gasteiger partial charge in [0.05, 0.1) is 35.2 Å². The number of hydrogen-bond acceptors (Lipinski definition) is 7. The fourth-order valence-corrected chi connectivity index (χ4v) is 5.81. The third-order valence-corrected chi connectivity index (χ3v) is 7.90. The molecule has 1 fully saturated rings. The van der Waals surface area contributed by atoms with Crippen molar-refractivity contribution in [2.45, 2.75) is 6.73 Å². The monoisotopic (exact) mass is 593 g/mol. The highest BCUT2D eigenvalue weighted by Crippen LogP contribution is 2.43. The van der Waals surface area contributed by atoms with E-state index in [4.69, 9.17) is 18.9 Å². The van der Waals surface area contributed by atoms with Gasteiger partial charge in [0.1, 0.15) is 35.3 Å². The van der Waals surface area contributed by atoms with E-state index < -0.39 is 17.8 Å². The van der Waals surface area contributed by atoms with Crippen LogP contribution in [-0.2, 0) is 11.5 Å². The summed E-state index contributed by atoms with van der Waals surface area (Å²) in [4.78, 5) is 36.9. The molecule has 1 N–H and O–H groups in total. The largest absolute Gasteiger partial charge is 0.469 e. The Bertz CT molecular complexity index is 2170. The smallest absolute Gasteiger partial charge is 0.414 e. The van der Waals surface area contributed by atoms with Crippen molar-refractivity contribution >= 4 is 39.6 Å². The molecular formula is C32H21F2N5O5. The molecule has 2 amide bonds. The maximum atomic E-state index is 14.7. The van der Waals surface area contributed by atoms with Crippen molar-refractivity contribution in [1.29, 1.82) is 0 Å². The molecule has 3 aromatic carbocycles. The number of fused-ring (bicyclic) bond motifs is 6. The number of rotatable bonds is 4. The van der Waals surface area contributed by atoms with Gasteiger partial charge in [0.15, 0.2) is 18.3 Å². The van der Waals surface area contributed by atoms with Gasteiger partial charge in [-0.25, -0.2) is 23.5 Å². The maximum Gasteiger partial charge on any atom is 0.414 e. The van der Waals surface area contributed by atoms with Crippen molar-refractivity contribution in [3.63, 3.8) is 0 Å². The van der Waals surface area contributed by atoms with Crippen LogP contribution in [0.1, 0.15) is 10.4 Å². The Labute approximate surface area is 247 Å². The van der Waals surface area contributed by atoms with Gasteiger partial charge in [-0.1, -0.05) is 6.07 Å². The fraction of sp³-hybridized carbons (Fsp3) is 0.125. The first-order valence-corrected chi connectivity index (χ1v) is 13.7. The molecule has 2 aliphatic rings. The van der Waals surface area contributed by atoms with Crippen LogP contribution < -0.4 is 15.0 Å². The maximum absolute atomic E-state index is 14.7. The third kappa shape index (κ3) is 3.84. The SMILES string of the molecule is CNC(=O)c1c(-c2ccc(F)cc2)oc2cc(N3CCOC3=O)c(-c3ncc4c(n3)-c3cc5c(F)cccc5n3CO4)cc12. The lowest BCUT2D eigenvalue weighted by Gasteiger charge is -2.21. The highest BCUT2D eigenvalue weighted by Gasteiger charge is 2.31. The number of benzene rings is 3. The summed E-state index contributed by atoms with van der Waals surface area (Å²) in [6.45, 7) is 0.613. The van der Waals surface area contributed by atoms with E-state index in [2.05, 4.69) is 10.3 Å². The summed E-state index contributed by atoms with van der Waals surface area (Å²) in [5.41, 5.74) is 3.62. The summed E-state index contributed by atoms with van der Waals surface area (Å²) in [5.74, 6) is -0.333. The standard InChI is InChI=1S/C32H21F2N5O5/c1-35-31(40)27-20-11-19(23(38-9-10-42-32(38)41)13-25(20)44-29(27)16-5-7-17(33)8-6-16)30-36-14-26-28(37-30)24-12-18-21(34)3-2-4-22(18)39(24)15-43-26/h2-8,11-14H,9-10,15H2,1H3,(H,35,40). The molecule has 8 rings (SSSR count). The summed E-state index contributed by atoms with van der Waals surface area (Å²) in [7, 11) is 1.50. The molecule has 1 saturated heterocycles. The Hall–Kier alpha value is -5.78. The second-order valence-electron chi connectivity index (χ2n) is 10.3. The van der Waals surface area contributed by atoms with Gasteiger partial charge in [-0.2, -0.15) is 0 Å². The molecule has 218 valence electrons. The number of cyclic esters (lactones) is 1. The minimum Gasteiger partial charge on any atom is -0.469 e. The van der Waals surface area contributed by atoms with Crippen molar-refractivity contribution in [3.8, 4) is 39.8 Å². The highest BCUT2D eigenvalue weighted by molar-refractivity contribution is 6.13. The van der Waals surface area contributed by atoms with Gasteiger partial charge < -0.3 is 23.8 Å². The average Bonchev–Trinajstić information content (AvgIpc) is 3.75. The van der Waals surface area contributed by atoms with Gasteiger partial charge in [0, 0.05) is 35.0 Å². The zero-order valence-corrected chi connectivity index (χ0v) is 23.1. The van der Waals surface area contributed by atoms with Crippen LogP contribution >= 0.6 is 0 Å². The minimum absolute atomic E-state index is 0.158. The number of nitrogens with one attached hydrogen (secondary N) is 1. The van der Waals surface area contributed by atoms with E-state index in [1.807, 2.05) is 4.57 Å². The minimum atomic E-state index is -0.556. The van der Waals surface area contributed by atoms with Crippen LogP contribution in [-0.4, -0.2) is 46.7 Å². The molecule has 12 heteroatoms. The number of hydrogen-bond donors (Lipinski definition) is 1. The molecule has 0 radical (unpaired) electrons.